The second-order valence-corrected chi connectivity index (χ2v) is 6.65. The van der Waals surface area contributed by atoms with Crippen molar-refractivity contribution < 1.29 is 13.6 Å². The molecule has 1 aromatic carbocycles. The van der Waals surface area contributed by atoms with E-state index in [4.69, 9.17) is 0 Å². The Morgan fingerprint density at radius 1 is 1.08 bits per heavy atom. The quantitative estimate of drug-likeness (QED) is 0.897. The molecule has 24 heavy (non-hydrogen) atoms. The van der Waals surface area contributed by atoms with Crippen LogP contribution in [-0.2, 0) is 4.79 Å². The highest BCUT2D eigenvalue weighted by molar-refractivity contribution is 5.76. The first-order valence-corrected chi connectivity index (χ1v) is 8.84. The number of nitrogens with one attached hydrogen (secondary N) is 1. The van der Waals surface area contributed by atoms with E-state index in [1.54, 1.807) is 6.07 Å². The molecule has 0 bridgehead atoms. The van der Waals surface area contributed by atoms with Gasteiger partial charge in [-0.05, 0) is 37.8 Å². The summed E-state index contributed by atoms with van der Waals surface area (Å²) in [7, 11) is 0. The molecule has 0 spiro atoms. The first kappa shape index (κ1) is 17.1. The van der Waals surface area contributed by atoms with Gasteiger partial charge in [-0.3, -0.25) is 4.79 Å². The average Bonchev–Trinajstić information content (AvgIpc) is 2.60. The predicted octanol–water partition coefficient (Wildman–Crippen LogP) is 2.54. The third-order valence-corrected chi connectivity index (χ3v) is 5.00. The monoisotopic (exact) mass is 337 g/mol. The highest BCUT2D eigenvalue weighted by atomic mass is 19.2. The SMILES string of the molecule is O=C1CCCCN1CCNC1CCN(c2ccc(F)c(F)c2)CC1. The molecule has 3 rings (SSSR count). The largest absolute Gasteiger partial charge is 0.371 e. The normalized spacial score (nSPS) is 19.8. The summed E-state index contributed by atoms with van der Waals surface area (Å²) in [4.78, 5) is 15.8. The van der Waals surface area contributed by atoms with Crippen molar-refractivity contribution in [2.75, 3.05) is 37.6 Å². The van der Waals surface area contributed by atoms with Crippen LogP contribution in [0.3, 0.4) is 0 Å². The molecule has 1 aromatic rings. The van der Waals surface area contributed by atoms with Crippen molar-refractivity contribution in [1.82, 2.24) is 10.2 Å². The molecule has 2 aliphatic heterocycles. The minimum atomic E-state index is -0.803. The molecule has 1 amide bonds. The number of carbonyl (C=O) groups is 1. The molecule has 6 heteroatoms. The molecular weight excluding hydrogens is 312 g/mol. The van der Waals surface area contributed by atoms with Crippen LogP contribution < -0.4 is 10.2 Å². The van der Waals surface area contributed by atoms with Crippen molar-refractivity contribution in [3.8, 4) is 0 Å². The van der Waals surface area contributed by atoms with Gasteiger partial charge in [-0.15, -0.1) is 0 Å². The number of anilines is 1. The maximum atomic E-state index is 13.3. The highest BCUT2D eigenvalue weighted by Crippen LogP contribution is 2.22. The smallest absolute Gasteiger partial charge is 0.222 e. The van der Waals surface area contributed by atoms with E-state index in [0.717, 1.165) is 64.1 Å². The first-order valence-electron chi connectivity index (χ1n) is 8.84. The Labute approximate surface area is 141 Å². The van der Waals surface area contributed by atoms with E-state index in [0.29, 0.717) is 12.5 Å². The zero-order valence-corrected chi connectivity index (χ0v) is 13.9. The summed E-state index contributed by atoms with van der Waals surface area (Å²) >= 11 is 0. The molecule has 1 N–H and O–H groups in total. The topological polar surface area (TPSA) is 35.6 Å². The Balaban J connectivity index is 1.40. The van der Waals surface area contributed by atoms with Crippen LogP contribution in [-0.4, -0.2) is 49.6 Å². The standard InChI is InChI=1S/C18H25F2N3O/c19-16-5-4-15(13-17(16)20)22-10-6-14(7-11-22)21-8-12-23-9-2-1-3-18(23)24/h4-5,13-14,21H,1-3,6-12H2. The van der Waals surface area contributed by atoms with Crippen molar-refractivity contribution in [3.63, 3.8) is 0 Å². The second kappa shape index (κ2) is 7.92. The van der Waals surface area contributed by atoms with Gasteiger partial charge in [-0.2, -0.15) is 0 Å². The van der Waals surface area contributed by atoms with Crippen molar-refractivity contribution in [3.05, 3.63) is 29.8 Å². The molecule has 132 valence electrons. The van der Waals surface area contributed by atoms with Gasteiger partial charge in [0, 0.05) is 56.9 Å². The summed E-state index contributed by atoms with van der Waals surface area (Å²) in [6, 6.07) is 4.51. The number of nitrogens with zero attached hydrogens (tertiary/aromatic N) is 2. The Hall–Kier alpha value is -1.69. The fourth-order valence-electron chi connectivity index (χ4n) is 3.53. The maximum Gasteiger partial charge on any atom is 0.222 e. The van der Waals surface area contributed by atoms with Crippen molar-refractivity contribution in [1.29, 1.82) is 0 Å². The molecule has 0 saturated carbocycles. The van der Waals surface area contributed by atoms with Crippen LogP contribution in [0.1, 0.15) is 32.1 Å². The number of rotatable bonds is 5. The molecule has 0 aliphatic carbocycles. The van der Waals surface area contributed by atoms with E-state index in [9.17, 15) is 13.6 Å². The van der Waals surface area contributed by atoms with Crippen molar-refractivity contribution >= 4 is 11.6 Å². The number of halogens is 2. The number of piperidine rings is 2. The van der Waals surface area contributed by atoms with E-state index in [1.807, 2.05) is 4.90 Å². The van der Waals surface area contributed by atoms with Crippen LogP contribution in [0.2, 0.25) is 0 Å². The molecule has 0 radical (unpaired) electrons. The van der Waals surface area contributed by atoms with Gasteiger partial charge in [0.25, 0.3) is 0 Å². The average molecular weight is 337 g/mol. The van der Waals surface area contributed by atoms with E-state index in [1.165, 1.54) is 12.1 Å². The summed E-state index contributed by atoms with van der Waals surface area (Å²) in [5.41, 5.74) is 0.742. The third kappa shape index (κ3) is 4.23. The fourth-order valence-corrected chi connectivity index (χ4v) is 3.53. The van der Waals surface area contributed by atoms with Gasteiger partial charge in [0.2, 0.25) is 5.91 Å². The van der Waals surface area contributed by atoms with Crippen LogP contribution in [0, 0.1) is 11.6 Å². The van der Waals surface area contributed by atoms with Crippen LogP contribution in [0.4, 0.5) is 14.5 Å². The van der Waals surface area contributed by atoms with E-state index < -0.39 is 11.6 Å². The molecule has 2 fully saturated rings. The minimum Gasteiger partial charge on any atom is -0.371 e. The van der Waals surface area contributed by atoms with E-state index in [-0.39, 0.29) is 5.91 Å². The molecule has 4 nitrogen and oxygen atoms in total. The zero-order valence-electron chi connectivity index (χ0n) is 13.9. The fraction of sp³-hybridized carbons (Fsp3) is 0.611. The third-order valence-electron chi connectivity index (χ3n) is 5.00. The molecule has 2 heterocycles. The number of likely N-dealkylation sites (tertiary alicyclic amines) is 1. The van der Waals surface area contributed by atoms with Crippen LogP contribution >= 0.6 is 0 Å². The van der Waals surface area contributed by atoms with Crippen LogP contribution in [0.25, 0.3) is 0 Å². The Kier molecular flexibility index (Phi) is 5.66. The summed E-state index contributed by atoms with van der Waals surface area (Å²) in [6.07, 6.45) is 4.75. The van der Waals surface area contributed by atoms with Gasteiger partial charge < -0.3 is 15.1 Å². The summed E-state index contributed by atoms with van der Waals surface area (Å²) in [5, 5.41) is 3.53. The van der Waals surface area contributed by atoms with Gasteiger partial charge in [-0.25, -0.2) is 8.78 Å². The highest BCUT2D eigenvalue weighted by Gasteiger charge is 2.21. The molecule has 0 atom stereocenters. The van der Waals surface area contributed by atoms with Gasteiger partial charge in [0.1, 0.15) is 0 Å². The van der Waals surface area contributed by atoms with E-state index in [2.05, 4.69) is 10.2 Å². The number of hydrogen-bond donors (Lipinski definition) is 1. The second-order valence-electron chi connectivity index (χ2n) is 6.65. The van der Waals surface area contributed by atoms with Gasteiger partial charge in [-0.1, -0.05) is 0 Å². The lowest BCUT2D eigenvalue weighted by Gasteiger charge is -2.34. The van der Waals surface area contributed by atoms with Crippen molar-refractivity contribution in [2.45, 2.75) is 38.1 Å². The van der Waals surface area contributed by atoms with E-state index >= 15 is 0 Å². The number of benzene rings is 1. The Morgan fingerprint density at radius 2 is 1.88 bits per heavy atom. The Morgan fingerprint density at radius 3 is 2.58 bits per heavy atom. The lowest BCUT2D eigenvalue weighted by atomic mass is 10.0. The molecule has 0 unspecified atom stereocenters. The van der Waals surface area contributed by atoms with Gasteiger partial charge in [0.15, 0.2) is 11.6 Å². The maximum absolute atomic E-state index is 13.3. The summed E-state index contributed by atoms with van der Waals surface area (Å²) in [5.74, 6) is -1.32. The first-order chi connectivity index (χ1) is 11.6. The molecule has 0 aromatic heterocycles. The van der Waals surface area contributed by atoms with Gasteiger partial charge >= 0.3 is 0 Å². The number of hydrogen-bond acceptors (Lipinski definition) is 3. The zero-order chi connectivity index (χ0) is 16.9. The van der Waals surface area contributed by atoms with Crippen LogP contribution in [0.5, 0.6) is 0 Å². The number of carbonyl (C=O) groups excluding carboxylic acids is 1. The Bertz CT molecular complexity index is 573. The molecular formula is C18H25F2N3O. The lowest BCUT2D eigenvalue weighted by molar-refractivity contribution is -0.133. The summed E-state index contributed by atoms with van der Waals surface area (Å²) < 4.78 is 26.4. The molecule has 2 saturated heterocycles. The molecule has 2 aliphatic rings. The summed E-state index contributed by atoms with van der Waals surface area (Å²) in [6.45, 7) is 4.13. The van der Waals surface area contributed by atoms with Crippen molar-refractivity contribution in [2.24, 2.45) is 0 Å². The minimum absolute atomic E-state index is 0.274. The van der Waals surface area contributed by atoms with Crippen LogP contribution in [0.15, 0.2) is 18.2 Å². The predicted molar refractivity (Wildman–Crippen MR) is 90.0 cm³/mol. The lowest BCUT2D eigenvalue weighted by Crippen LogP contribution is -2.46. The number of amides is 1. The van der Waals surface area contributed by atoms with Gasteiger partial charge in [0.05, 0.1) is 0 Å².